The van der Waals surface area contributed by atoms with Crippen LogP contribution in [0, 0.1) is 0 Å². The van der Waals surface area contributed by atoms with Crippen LogP contribution >= 0.6 is 0 Å². The number of aromatic nitrogens is 1. The average molecular weight is 738 g/mol. The van der Waals surface area contributed by atoms with E-state index in [0.29, 0.717) is 0 Å². The second-order valence-electron chi connectivity index (χ2n) is 16.4. The van der Waals surface area contributed by atoms with E-state index >= 15 is 0 Å². The highest BCUT2D eigenvalue weighted by Crippen LogP contribution is 2.50. The molecule has 0 aliphatic heterocycles. The molecule has 0 saturated carbocycles. The summed E-state index contributed by atoms with van der Waals surface area (Å²) in [5, 5.41) is 10.3. The van der Waals surface area contributed by atoms with Crippen LogP contribution in [0.4, 0.5) is 0 Å². The molecule has 1 heteroatoms. The van der Waals surface area contributed by atoms with E-state index in [0.717, 1.165) is 5.69 Å². The highest BCUT2D eigenvalue weighted by atomic mass is 15.0. The molecule has 0 N–H and O–H groups in total. The Balaban J connectivity index is 1.05. The zero-order chi connectivity index (χ0) is 38.5. The van der Waals surface area contributed by atoms with Crippen molar-refractivity contribution in [3.8, 4) is 50.2 Å². The Kier molecular flexibility index (Phi) is 7.04. The Morgan fingerprint density at radius 2 is 0.845 bits per heavy atom. The molecular formula is C57H39N. The van der Waals surface area contributed by atoms with Crippen molar-refractivity contribution in [2.75, 3.05) is 0 Å². The topological polar surface area (TPSA) is 4.93 Å². The Hall–Kier alpha value is -7.22. The first-order valence-corrected chi connectivity index (χ1v) is 20.3. The van der Waals surface area contributed by atoms with Crippen molar-refractivity contribution in [1.29, 1.82) is 0 Å². The SMILES string of the molecule is CC1(C)c2ccccc2-c2ccc(-c3ccccc3-c3cccc4c5ccccc5n(-c5cccc(-c6ccc7c8ccccc8c8ccccc8c7c6)c5)c34)cc21. The van der Waals surface area contributed by atoms with Crippen LogP contribution in [-0.2, 0) is 5.41 Å². The monoisotopic (exact) mass is 737 g/mol. The van der Waals surface area contributed by atoms with E-state index in [2.05, 4.69) is 219 Å². The highest BCUT2D eigenvalue weighted by Gasteiger charge is 2.35. The van der Waals surface area contributed by atoms with Gasteiger partial charge < -0.3 is 4.57 Å². The van der Waals surface area contributed by atoms with Gasteiger partial charge in [-0.3, -0.25) is 0 Å². The van der Waals surface area contributed by atoms with Crippen LogP contribution in [0.1, 0.15) is 25.0 Å². The van der Waals surface area contributed by atoms with E-state index in [1.165, 1.54) is 110 Å². The molecule has 0 amide bonds. The molecule has 1 aromatic heterocycles. The predicted octanol–water partition coefficient (Wildman–Crippen LogP) is 15.6. The molecule has 1 nitrogen and oxygen atoms in total. The molecule has 0 saturated heterocycles. The maximum atomic E-state index is 2.49. The largest absolute Gasteiger partial charge is 0.309 e. The molecule has 0 bridgehead atoms. The first kappa shape index (κ1) is 33.0. The van der Waals surface area contributed by atoms with Crippen molar-refractivity contribution in [2.45, 2.75) is 19.3 Å². The molecule has 1 heterocycles. The maximum absolute atomic E-state index is 2.49. The lowest BCUT2D eigenvalue weighted by Crippen LogP contribution is -2.14. The third kappa shape index (κ3) is 4.71. The molecule has 0 unspecified atom stereocenters. The summed E-state index contributed by atoms with van der Waals surface area (Å²) in [6.07, 6.45) is 0. The summed E-state index contributed by atoms with van der Waals surface area (Å²) in [6, 6.07) is 74.4. The fourth-order valence-corrected chi connectivity index (χ4v) is 10.3. The Bertz CT molecular complexity index is 3450. The molecule has 0 spiro atoms. The second-order valence-corrected chi connectivity index (χ2v) is 16.4. The lowest BCUT2D eigenvalue weighted by atomic mass is 9.81. The summed E-state index contributed by atoms with van der Waals surface area (Å²) in [7, 11) is 0. The Morgan fingerprint density at radius 3 is 1.62 bits per heavy atom. The number of nitrogens with zero attached hydrogens (tertiary/aromatic N) is 1. The molecular weight excluding hydrogens is 699 g/mol. The van der Waals surface area contributed by atoms with Crippen LogP contribution in [0.15, 0.2) is 200 Å². The van der Waals surface area contributed by atoms with E-state index in [-0.39, 0.29) is 5.41 Å². The molecule has 0 radical (unpaired) electrons. The van der Waals surface area contributed by atoms with E-state index < -0.39 is 0 Å². The first-order valence-electron chi connectivity index (χ1n) is 20.3. The molecule has 58 heavy (non-hydrogen) atoms. The maximum Gasteiger partial charge on any atom is 0.0619 e. The van der Waals surface area contributed by atoms with Crippen molar-refractivity contribution >= 4 is 54.1 Å². The van der Waals surface area contributed by atoms with Crippen LogP contribution in [0.5, 0.6) is 0 Å². The minimum atomic E-state index is -0.0692. The van der Waals surface area contributed by atoms with Gasteiger partial charge in [0.05, 0.1) is 11.0 Å². The van der Waals surface area contributed by atoms with Gasteiger partial charge in [0.25, 0.3) is 0 Å². The number of para-hydroxylation sites is 2. The van der Waals surface area contributed by atoms with Gasteiger partial charge in [-0.25, -0.2) is 0 Å². The number of hydrogen-bond acceptors (Lipinski definition) is 0. The number of benzene rings is 10. The van der Waals surface area contributed by atoms with Crippen LogP contribution < -0.4 is 0 Å². The van der Waals surface area contributed by atoms with Crippen molar-refractivity contribution in [3.63, 3.8) is 0 Å². The minimum absolute atomic E-state index is 0.0692. The average Bonchev–Trinajstić information content (AvgIpc) is 3.75. The highest BCUT2D eigenvalue weighted by molar-refractivity contribution is 6.25. The zero-order valence-electron chi connectivity index (χ0n) is 32.5. The van der Waals surface area contributed by atoms with Gasteiger partial charge in [-0.05, 0) is 113 Å². The van der Waals surface area contributed by atoms with Gasteiger partial charge in [0, 0.05) is 27.4 Å². The van der Waals surface area contributed by atoms with Crippen molar-refractivity contribution < 1.29 is 0 Å². The van der Waals surface area contributed by atoms with Crippen molar-refractivity contribution in [3.05, 3.63) is 211 Å². The van der Waals surface area contributed by atoms with Crippen LogP contribution in [0.3, 0.4) is 0 Å². The third-order valence-electron chi connectivity index (χ3n) is 13.0. The lowest BCUT2D eigenvalue weighted by Gasteiger charge is -2.22. The van der Waals surface area contributed by atoms with E-state index in [1.54, 1.807) is 0 Å². The smallest absolute Gasteiger partial charge is 0.0619 e. The summed E-state index contributed by atoms with van der Waals surface area (Å²) in [5.74, 6) is 0. The van der Waals surface area contributed by atoms with E-state index in [1.807, 2.05) is 0 Å². The van der Waals surface area contributed by atoms with Gasteiger partial charge >= 0.3 is 0 Å². The molecule has 1 aliphatic rings. The summed E-state index contributed by atoms with van der Waals surface area (Å²) in [6.45, 7) is 4.73. The molecule has 1 aliphatic carbocycles. The van der Waals surface area contributed by atoms with Gasteiger partial charge in [-0.1, -0.05) is 184 Å². The zero-order valence-corrected chi connectivity index (χ0v) is 32.5. The number of rotatable bonds is 4. The van der Waals surface area contributed by atoms with Gasteiger partial charge in [-0.2, -0.15) is 0 Å². The normalized spacial score (nSPS) is 13.1. The van der Waals surface area contributed by atoms with Crippen LogP contribution in [-0.4, -0.2) is 4.57 Å². The minimum Gasteiger partial charge on any atom is -0.309 e. The molecule has 272 valence electrons. The number of hydrogen-bond donors (Lipinski definition) is 0. The summed E-state index contributed by atoms with van der Waals surface area (Å²) in [4.78, 5) is 0. The summed E-state index contributed by atoms with van der Waals surface area (Å²) < 4.78 is 2.49. The predicted molar refractivity (Wildman–Crippen MR) is 247 cm³/mol. The molecule has 10 aromatic carbocycles. The molecule has 0 atom stereocenters. The molecule has 0 fully saturated rings. The van der Waals surface area contributed by atoms with Gasteiger partial charge in [0.15, 0.2) is 0 Å². The fraction of sp³-hybridized carbons (Fsp3) is 0.0526. The van der Waals surface area contributed by atoms with Gasteiger partial charge in [0.1, 0.15) is 0 Å². The first-order chi connectivity index (χ1) is 28.5. The van der Waals surface area contributed by atoms with Gasteiger partial charge in [0.2, 0.25) is 0 Å². The number of fused-ring (bicyclic) bond motifs is 12. The summed E-state index contributed by atoms with van der Waals surface area (Å²) in [5.41, 5.74) is 16.3. The van der Waals surface area contributed by atoms with Crippen LogP contribution in [0.2, 0.25) is 0 Å². The third-order valence-corrected chi connectivity index (χ3v) is 13.0. The standard InChI is InChI=1S/C57H39N/c1-57(2)53-27-11-9-23-47(53)48-32-30-38(35-54(48)57)40-17-3-4-18-41(40)50-25-14-26-51-49-24-10-12-28-55(49)58(56(50)51)39-16-13-15-36(33-39)37-29-31-46-44-21-6-5-19-42(44)43-20-7-8-22-45(43)52(46)34-37/h3-35H,1-2H3. The quantitative estimate of drug-likeness (QED) is 0.159. The van der Waals surface area contributed by atoms with E-state index in [4.69, 9.17) is 0 Å². The van der Waals surface area contributed by atoms with Crippen LogP contribution in [0.25, 0.3) is 104 Å². The molecule has 12 rings (SSSR count). The Labute approximate surface area is 338 Å². The Morgan fingerprint density at radius 1 is 0.310 bits per heavy atom. The van der Waals surface area contributed by atoms with Crippen molar-refractivity contribution in [2.24, 2.45) is 0 Å². The van der Waals surface area contributed by atoms with E-state index in [9.17, 15) is 0 Å². The van der Waals surface area contributed by atoms with Gasteiger partial charge in [-0.15, -0.1) is 0 Å². The molecule has 11 aromatic rings. The second kappa shape index (κ2) is 12.4. The van der Waals surface area contributed by atoms with Crippen molar-refractivity contribution in [1.82, 2.24) is 4.57 Å². The fourth-order valence-electron chi connectivity index (χ4n) is 10.3. The summed E-state index contributed by atoms with van der Waals surface area (Å²) >= 11 is 0. The lowest BCUT2D eigenvalue weighted by molar-refractivity contribution is 0.660.